The highest BCUT2D eigenvalue weighted by Crippen LogP contribution is 2.23. The fourth-order valence-corrected chi connectivity index (χ4v) is 1.86. The highest BCUT2D eigenvalue weighted by molar-refractivity contribution is 5.82. The molecule has 0 saturated heterocycles. The van der Waals surface area contributed by atoms with Crippen molar-refractivity contribution in [2.75, 3.05) is 6.61 Å². The lowest BCUT2D eigenvalue weighted by Crippen LogP contribution is -2.15. The van der Waals surface area contributed by atoms with Gasteiger partial charge in [0.1, 0.15) is 5.75 Å². The SMILES string of the molecule is CCCCCOc1ccc(C(CC(=O)O)C(=O)O)cc1. The molecule has 20 heavy (non-hydrogen) atoms. The molecule has 0 amide bonds. The number of benzene rings is 1. The molecule has 0 saturated carbocycles. The smallest absolute Gasteiger partial charge is 0.311 e. The van der Waals surface area contributed by atoms with E-state index in [1.54, 1.807) is 24.3 Å². The van der Waals surface area contributed by atoms with Crippen molar-refractivity contribution in [3.05, 3.63) is 29.8 Å². The zero-order valence-corrected chi connectivity index (χ0v) is 11.5. The highest BCUT2D eigenvalue weighted by Gasteiger charge is 2.22. The third-order valence-corrected chi connectivity index (χ3v) is 2.98. The molecule has 1 aromatic rings. The fourth-order valence-electron chi connectivity index (χ4n) is 1.86. The number of unbranched alkanes of at least 4 members (excludes halogenated alkanes) is 2. The van der Waals surface area contributed by atoms with Crippen molar-refractivity contribution in [1.29, 1.82) is 0 Å². The molecule has 0 aliphatic carbocycles. The van der Waals surface area contributed by atoms with Crippen molar-refractivity contribution in [3.63, 3.8) is 0 Å². The van der Waals surface area contributed by atoms with Crippen molar-refractivity contribution in [2.24, 2.45) is 0 Å². The summed E-state index contributed by atoms with van der Waals surface area (Å²) in [5.74, 6) is -2.62. The Morgan fingerprint density at radius 2 is 1.80 bits per heavy atom. The molecule has 0 fully saturated rings. The van der Waals surface area contributed by atoms with Gasteiger partial charge in [-0.05, 0) is 24.1 Å². The topological polar surface area (TPSA) is 83.8 Å². The van der Waals surface area contributed by atoms with Gasteiger partial charge < -0.3 is 14.9 Å². The molecule has 0 spiro atoms. The first-order chi connectivity index (χ1) is 9.54. The van der Waals surface area contributed by atoms with Crippen LogP contribution in [0.25, 0.3) is 0 Å². The van der Waals surface area contributed by atoms with Gasteiger partial charge in [0, 0.05) is 0 Å². The number of aliphatic carboxylic acids is 2. The zero-order chi connectivity index (χ0) is 15.0. The Bertz CT molecular complexity index is 438. The lowest BCUT2D eigenvalue weighted by Gasteiger charge is -2.11. The van der Waals surface area contributed by atoms with Gasteiger partial charge in [-0.25, -0.2) is 0 Å². The summed E-state index contributed by atoms with van der Waals surface area (Å²) in [6.07, 6.45) is 2.79. The van der Waals surface area contributed by atoms with E-state index < -0.39 is 24.3 Å². The van der Waals surface area contributed by atoms with Crippen LogP contribution in [0.15, 0.2) is 24.3 Å². The first-order valence-electron chi connectivity index (χ1n) is 6.72. The third-order valence-electron chi connectivity index (χ3n) is 2.98. The molecule has 2 N–H and O–H groups in total. The maximum Gasteiger partial charge on any atom is 0.311 e. The second-order valence-electron chi connectivity index (χ2n) is 4.61. The van der Waals surface area contributed by atoms with E-state index >= 15 is 0 Å². The Labute approximate surface area is 118 Å². The van der Waals surface area contributed by atoms with Crippen molar-refractivity contribution >= 4 is 11.9 Å². The molecule has 110 valence electrons. The summed E-state index contributed by atoms with van der Waals surface area (Å²) >= 11 is 0. The number of rotatable bonds is 9. The van der Waals surface area contributed by atoms with E-state index in [4.69, 9.17) is 14.9 Å². The van der Waals surface area contributed by atoms with Crippen LogP contribution in [-0.4, -0.2) is 28.8 Å². The molecular weight excluding hydrogens is 260 g/mol. The molecule has 5 heteroatoms. The van der Waals surface area contributed by atoms with Crippen LogP contribution < -0.4 is 4.74 Å². The molecule has 0 aliphatic rings. The Morgan fingerprint density at radius 1 is 1.15 bits per heavy atom. The van der Waals surface area contributed by atoms with Crippen LogP contribution in [0.2, 0.25) is 0 Å². The summed E-state index contributed by atoms with van der Waals surface area (Å²) in [5.41, 5.74) is 0.473. The second-order valence-corrected chi connectivity index (χ2v) is 4.61. The van der Waals surface area contributed by atoms with Crippen molar-refractivity contribution < 1.29 is 24.5 Å². The predicted octanol–water partition coefficient (Wildman–Crippen LogP) is 2.90. The molecule has 1 rings (SSSR count). The standard InChI is InChI=1S/C15H20O5/c1-2-3-4-9-20-12-7-5-11(6-8-12)13(15(18)19)10-14(16)17/h5-8,13H,2-4,9-10H2,1H3,(H,16,17)(H,18,19). The lowest BCUT2D eigenvalue weighted by atomic mass is 9.96. The number of ether oxygens (including phenoxy) is 1. The molecule has 1 unspecified atom stereocenters. The average molecular weight is 280 g/mol. The largest absolute Gasteiger partial charge is 0.494 e. The maximum absolute atomic E-state index is 11.1. The van der Waals surface area contributed by atoms with Crippen molar-refractivity contribution in [3.8, 4) is 5.75 Å². The normalized spacial score (nSPS) is 11.8. The van der Waals surface area contributed by atoms with E-state index in [1.807, 2.05) is 0 Å². The van der Waals surface area contributed by atoms with Gasteiger partial charge in [0.05, 0.1) is 18.9 Å². The Hall–Kier alpha value is -2.04. The first-order valence-corrected chi connectivity index (χ1v) is 6.72. The molecule has 0 heterocycles. The number of hydrogen-bond acceptors (Lipinski definition) is 3. The van der Waals surface area contributed by atoms with Gasteiger partial charge in [-0.15, -0.1) is 0 Å². The molecule has 0 bridgehead atoms. The van der Waals surface area contributed by atoms with Crippen LogP contribution >= 0.6 is 0 Å². The van der Waals surface area contributed by atoms with E-state index in [2.05, 4.69) is 6.92 Å². The summed E-state index contributed by atoms with van der Waals surface area (Å²) < 4.78 is 5.52. The number of carboxylic acid groups (broad SMARTS) is 2. The van der Waals surface area contributed by atoms with Crippen LogP contribution in [0.5, 0.6) is 5.75 Å². The van der Waals surface area contributed by atoms with Crippen LogP contribution in [-0.2, 0) is 9.59 Å². The quantitative estimate of drug-likeness (QED) is 0.679. The molecule has 1 atom stereocenters. The molecular formula is C15H20O5. The van der Waals surface area contributed by atoms with E-state index in [-0.39, 0.29) is 0 Å². The number of carbonyl (C=O) groups is 2. The Kier molecular flexibility index (Phi) is 6.56. The summed E-state index contributed by atoms with van der Waals surface area (Å²) in [4.78, 5) is 21.7. The monoisotopic (exact) mass is 280 g/mol. The minimum absolute atomic E-state index is 0.425. The average Bonchev–Trinajstić information content (AvgIpc) is 2.41. The third kappa shape index (κ3) is 5.30. The number of hydrogen-bond donors (Lipinski definition) is 2. The maximum atomic E-state index is 11.1. The summed E-state index contributed by atoms with van der Waals surface area (Å²) in [6.45, 7) is 2.74. The minimum Gasteiger partial charge on any atom is -0.494 e. The summed E-state index contributed by atoms with van der Waals surface area (Å²) in [5, 5.41) is 17.8. The summed E-state index contributed by atoms with van der Waals surface area (Å²) in [6, 6.07) is 6.58. The van der Waals surface area contributed by atoms with Crippen LogP contribution in [0, 0.1) is 0 Å². The minimum atomic E-state index is -1.14. The van der Waals surface area contributed by atoms with Gasteiger partial charge in [0.2, 0.25) is 0 Å². The van der Waals surface area contributed by atoms with Crippen LogP contribution in [0.4, 0.5) is 0 Å². The van der Waals surface area contributed by atoms with Crippen molar-refractivity contribution in [2.45, 2.75) is 38.5 Å². The lowest BCUT2D eigenvalue weighted by molar-refractivity contribution is -0.145. The fraction of sp³-hybridized carbons (Fsp3) is 0.467. The van der Waals surface area contributed by atoms with Gasteiger partial charge >= 0.3 is 11.9 Å². The van der Waals surface area contributed by atoms with Gasteiger partial charge in [0.15, 0.2) is 0 Å². The van der Waals surface area contributed by atoms with Crippen molar-refractivity contribution in [1.82, 2.24) is 0 Å². The predicted molar refractivity (Wildman–Crippen MR) is 74.1 cm³/mol. The van der Waals surface area contributed by atoms with Gasteiger partial charge in [-0.2, -0.15) is 0 Å². The molecule has 0 aliphatic heterocycles. The molecule has 0 radical (unpaired) electrons. The summed E-state index contributed by atoms with van der Waals surface area (Å²) in [7, 11) is 0. The highest BCUT2D eigenvalue weighted by atomic mass is 16.5. The van der Waals surface area contributed by atoms with Crippen LogP contribution in [0.3, 0.4) is 0 Å². The van der Waals surface area contributed by atoms with E-state index in [0.717, 1.165) is 19.3 Å². The Balaban J connectivity index is 2.63. The van der Waals surface area contributed by atoms with Gasteiger partial charge in [-0.3, -0.25) is 9.59 Å². The Morgan fingerprint density at radius 3 is 2.30 bits per heavy atom. The molecule has 5 nitrogen and oxygen atoms in total. The zero-order valence-electron chi connectivity index (χ0n) is 11.5. The van der Waals surface area contributed by atoms with E-state index in [9.17, 15) is 9.59 Å². The van der Waals surface area contributed by atoms with Gasteiger partial charge in [0.25, 0.3) is 0 Å². The van der Waals surface area contributed by atoms with Crippen LogP contribution in [0.1, 0.15) is 44.1 Å². The van der Waals surface area contributed by atoms with E-state index in [1.165, 1.54) is 0 Å². The first kappa shape index (κ1) is 16.0. The van der Waals surface area contributed by atoms with Gasteiger partial charge in [-0.1, -0.05) is 31.9 Å². The number of carboxylic acids is 2. The molecule has 0 aromatic heterocycles. The second kappa shape index (κ2) is 8.19. The van der Waals surface area contributed by atoms with E-state index in [0.29, 0.717) is 17.9 Å². The molecule has 1 aromatic carbocycles.